The van der Waals surface area contributed by atoms with Crippen molar-refractivity contribution in [2.45, 2.75) is 35.8 Å². The fourth-order valence-electron chi connectivity index (χ4n) is 2.25. The third-order valence-electron chi connectivity index (χ3n) is 3.73. The summed E-state index contributed by atoms with van der Waals surface area (Å²) in [5.41, 5.74) is 1.89. The zero-order valence-electron chi connectivity index (χ0n) is 14.7. The first-order valence-corrected chi connectivity index (χ1v) is 10.6. The van der Waals surface area contributed by atoms with Gasteiger partial charge in [-0.3, -0.25) is 0 Å². The number of halogens is 1. The second kappa shape index (κ2) is 8.20. The van der Waals surface area contributed by atoms with Gasteiger partial charge in [0.05, 0.1) is 10.9 Å². The zero-order valence-corrected chi connectivity index (χ0v) is 16.3. The number of sulfonamides is 1. The Kier molecular flexibility index (Phi) is 5.93. The summed E-state index contributed by atoms with van der Waals surface area (Å²) in [4.78, 5) is 0.172. The predicted octanol–water partition coefficient (Wildman–Crippen LogP) is 3.85. The minimum absolute atomic E-state index is 0.172. The van der Waals surface area contributed by atoms with Crippen LogP contribution in [0.4, 0.5) is 4.39 Å². The second-order valence-corrected chi connectivity index (χ2v) is 8.62. The fraction of sp³-hybridized carbons (Fsp3) is 0.222. The Bertz CT molecular complexity index is 1000. The highest BCUT2D eigenvalue weighted by molar-refractivity contribution is 7.98. The lowest BCUT2D eigenvalue weighted by atomic mass is 10.2. The summed E-state index contributed by atoms with van der Waals surface area (Å²) >= 11 is 1.29. The van der Waals surface area contributed by atoms with Gasteiger partial charge in [0, 0.05) is 5.75 Å². The molecular weight excluding hydrogens is 389 g/mol. The Morgan fingerprint density at radius 2 is 1.78 bits per heavy atom. The van der Waals surface area contributed by atoms with Crippen LogP contribution in [0.1, 0.15) is 30.0 Å². The topological polar surface area (TPSA) is 85.1 Å². The monoisotopic (exact) mass is 407 g/mol. The van der Waals surface area contributed by atoms with E-state index in [0.717, 1.165) is 11.1 Å². The second-order valence-electron chi connectivity index (χ2n) is 5.98. The summed E-state index contributed by atoms with van der Waals surface area (Å²) in [5.74, 6) is 0.413. The summed E-state index contributed by atoms with van der Waals surface area (Å²) in [6, 6.07) is 12.0. The molecule has 9 heteroatoms. The number of aryl methyl sites for hydroxylation is 1. The van der Waals surface area contributed by atoms with E-state index in [9.17, 15) is 12.8 Å². The lowest BCUT2D eigenvalue weighted by Gasteiger charge is -2.10. The molecule has 0 amide bonds. The van der Waals surface area contributed by atoms with Crippen LogP contribution in [0.2, 0.25) is 0 Å². The van der Waals surface area contributed by atoms with Crippen molar-refractivity contribution in [1.29, 1.82) is 0 Å². The number of rotatable bonds is 7. The van der Waals surface area contributed by atoms with E-state index in [2.05, 4.69) is 14.9 Å². The Morgan fingerprint density at radius 3 is 2.44 bits per heavy atom. The van der Waals surface area contributed by atoms with Crippen LogP contribution in [0.25, 0.3) is 0 Å². The van der Waals surface area contributed by atoms with Crippen molar-refractivity contribution in [3.63, 3.8) is 0 Å². The molecule has 2 aromatic carbocycles. The quantitative estimate of drug-likeness (QED) is 0.599. The predicted molar refractivity (Wildman–Crippen MR) is 100 cm³/mol. The number of aromatic nitrogens is 2. The van der Waals surface area contributed by atoms with E-state index in [0.29, 0.717) is 11.0 Å². The van der Waals surface area contributed by atoms with Crippen LogP contribution in [0, 0.1) is 12.7 Å². The molecule has 6 nitrogen and oxygen atoms in total. The number of hydrogen-bond acceptors (Lipinski definition) is 6. The molecule has 0 bridgehead atoms. The molecule has 0 aliphatic rings. The molecule has 1 atom stereocenters. The van der Waals surface area contributed by atoms with Crippen LogP contribution >= 0.6 is 11.8 Å². The van der Waals surface area contributed by atoms with Gasteiger partial charge in [0.2, 0.25) is 15.9 Å². The summed E-state index contributed by atoms with van der Waals surface area (Å²) in [7, 11) is -3.69. The minimum Gasteiger partial charge on any atom is -0.414 e. The van der Waals surface area contributed by atoms with Gasteiger partial charge in [-0.15, -0.1) is 10.2 Å². The standard InChI is InChI=1S/C18H18FN3O3S2/c1-12-3-9-16(10-4-12)27(23,24)22-13(2)17-20-21-18(25-17)26-11-14-5-7-15(19)8-6-14/h3-10,13,22H,11H2,1-2H3. The lowest BCUT2D eigenvalue weighted by Crippen LogP contribution is -2.27. The van der Waals surface area contributed by atoms with E-state index in [1.54, 1.807) is 43.3 Å². The van der Waals surface area contributed by atoms with Gasteiger partial charge in [0.1, 0.15) is 5.82 Å². The fourth-order valence-corrected chi connectivity index (χ4v) is 4.17. The van der Waals surface area contributed by atoms with E-state index in [4.69, 9.17) is 4.42 Å². The van der Waals surface area contributed by atoms with Crippen LogP contribution in [0.3, 0.4) is 0 Å². The number of thioether (sulfide) groups is 1. The molecule has 3 rings (SSSR count). The largest absolute Gasteiger partial charge is 0.414 e. The molecular formula is C18H18FN3O3S2. The van der Waals surface area contributed by atoms with E-state index < -0.39 is 16.1 Å². The van der Waals surface area contributed by atoms with Crippen molar-refractivity contribution in [3.8, 4) is 0 Å². The van der Waals surface area contributed by atoms with Gasteiger partial charge < -0.3 is 4.42 Å². The molecule has 0 saturated carbocycles. The molecule has 27 heavy (non-hydrogen) atoms. The first kappa shape index (κ1) is 19.5. The van der Waals surface area contributed by atoms with Crippen LogP contribution in [0.5, 0.6) is 0 Å². The van der Waals surface area contributed by atoms with E-state index in [1.165, 1.54) is 23.9 Å². The van der Waals surface area contributed by atoms with Gasteiger partial charge in [-0.1, -0.05) is 41.6 Å². The molecule has 1 heterocycles. The highest BCUT2D eigenvalue weighted by Gasteiger charge is 2.22. The maximum absolute atomic E-state index is 12.9. The Hall–Kier alpha value is -2.23. The summed E-state index contributed by atoms with van der Waals surface area (Å²) in [6.07, 6.45) is 0. The molecule has 142 valence electrons. The number of benzene rings is 2. The molecule has 1 aromatic heterocycles. The third-order valence-corrected chi connectivity index (χ3v) is 6.18. The van der Waals surface area contributed by atoms with Gasteiger partial charge in [0.25, 0.3) is 5.22 Å². The third kappa shape index (κ3) is 5.15. The van der Waals surface area contributed by atoms with E-state index in [1.807, 2.05) is 6.92 Å². The normalized spacial score (nSPS) is 12.9. The van der Waals surface area contributed by atoms with Gasteiger partial charge in [-0.2, -0.15) is 4.72 Å². The molecule has 0 aliphatic carbocycles. The Balaban J connectivity index is 1.63. The van der Waals surface area contributed by atoms with Crippen molar-refractivity contribution >= 4 is 21.8 Å². The maximum atomic E-state index is 12.9. The average Bonchev–Trinajstić information content (AvgIpc) is 3.10. The first-order chi connectivity index (χ1) is 12.8. The highest BCUT2D eigenvalue weighted by atomic mass is 32.2. The van der Waals surface area contributed by atoms with Gasteiger partial charge in [-0.05, 0) is 43.7 Å². The molecule has 1 N–H and O–H groups in total. The molecule has 0 fully saturated rings. The Labute approximate surface area is 161 Å². The van der Waals surface area contributed by atoms with Crippen LogP contribution < -0.4 is 4.72 Å². The highest BCUT2D eigenvalue weighted by Crippen LogP contribution is 2.24. The summed E-state index contributed by atoms with van der Waals surface area (Å²) < 4.78 is 45.8. The van der Waals surface area contributed by atoms with Crippen LogP contribution in [-0.4, -0.2) is 18.6 Å². The number of hydrogen-bond donors (Lipinski definition) is 1. The maximum Gasteiger partial charge on any atom is 0.276 e. The minimum atomic E-state index is -3.69. The lowest BCUT2D eigenvalue weighted by molar-refractivity contribution is 0.384. The molecule has 1 unspecified atom stereocenters. The van der Waals surface area contributed by atoms with Crippen molar-refractivity contribution in [3.05, 3.63) is 71.4 Å². The van der Waals surface area contributed by atoms with Crippen molar-refractivity contribution < 1.29 is 17.2 Å². The van der Waals surface area contributed by atoms with E-state index >= 15 is 0 Å². The van der Waals surface area contributed by atoms with Crippen molar-refractivity contribution in [2.24, 2.45) is 0 Å². The summed E-state index contributed by atoms with van der Waals surface area (Å²) in [6.45, 7) is 3.52. The van der Waals surface area contributed by atoms with Crippen LogP contribution in [-0.2, 0) is 15.8 Å². The summed E-state index contributed by atoms with van der Waals surface area (Å²) in [5, 5.41) is 8.15. The van der Waals surface area contributed by atoms with Crippen molar-refractivity contribution in [2.75, 3.05) is 0 Å². The van der Waals surface area contributed by atoms with Crippen molar-refractivity contribution in [1.82, 2.24) is 14.9 Å². The molecule has 0 radical (unpaired) electrons. The van der Waals surface area contributed by atoms with Gasteiger partial charge >= 0.3 is 0 Å². The molecule has 3 aromatic rings. The number of nitrogens with zero attached hydrogens (tertiary/aromatic N) is 2. The Morgan fingerprint density at radius 1 is 1.11 bits per heavy atom. The van der Waals surface area contributed by atoms with E-state index in [-0.39, 0.29) is 16.6 Å². The van der Waals surface area contributed by atoms with Gasteiger partial charge in [0.15, 0.2) is 0 Å². The number of nitrogens with one attached hydrogen (secondary N) is 1. The SMILES string of the molecule is Cc1ccc(S(=O)(=O)NC(C)c2nnc(SCc3ccc(F)cc3)o2)cc1. The smallest absolute Gasteiger partial charge is 0.276 e. The first-order valence-electron chi connectivity index (χ1n) is 8.13. The molecule has 0 spiro atoms. The zero-order chi connectivity index (χ0) is 19.4. The van der Waals surface area contributed by atoms with Crippen LogP contribution in [0.15, 0.2) is 63.1 Å². The average molecular weight is 407 g/mol. The molecule has 0 saturated heterocycles. The van der Waals surface area contributed by atoms with Gasteiger partial charge in [-0.25, -0.2) is 12.8 Å². The molecule has 0 aliphatic heterocycles.